The minimum Gasteiger partial charge on any atom is -0.779 e. The fourth-order valence-corrected chi connectivity index (χ4v) is 2.45. The number of methoxy groups -OCH3 is 1. The van der Waals surface area contributed by atoms with Crippen LogP contribution in [0.3, 0.4) is 0 Å². The first kappa shape index (κ1) is 14.1. The summed E-state index contributed by atoms with van der Waals surface area (Å²) in [5.41, 5.74) is 2.91. The molecule has 2 nitrogen and oxygen atoms in total. The molecule has 0 aliphatic carbocycles. The molecule has 0 bridgehead atoms. The van der Waals surface area contributed by atoms with E-state index in [9.17, 15) is 0 Å². The van der Waals surface area contributed by atoms with Crippen molar-refractivity contribution >= 4 is 35.1 Å². The molecule has 2 rings (SSSR count). The van der Waals surface area contributed by atoms with Crippen LogP contribution in [0.1, 0.15) is 18.2 Å². The molecule has 0 saturated carbocycles. The molecule has 1 heterocycles. The highest BCUT2D eigenvalue weighted by Crippen LogP contribution is 2.27. The van der Waals surface area contributed by atoms with Crippen LogP contribution >= 0.6 is 11.6 Å². The Balaban J connectivity index is 2.61. The first-order valence-electron chi connectivity index (χ1n) is 5.99. The van der Waals surface area contributed by atoms with Gasteiger partial charge < -0.3 is 17.4 Å². The Kier molecular flexibility index (Phi) is 4.27. The van der Waals surface area contributed by atoms with E-state index in [1.54, 1.807) is 7.11 Å². The molecule has 0 unspecified atom stereocenters. The smallest absolute Gasteiger partial charge is 0.119 e. The van der Waals surface area contributed by atoms with Gasteiger partial charge in [0.15, 0.2) is 0 Å². The summed E-state index contributed by atoms with van der Waals surface area (Å²) >= 11 is 11.5. The Labute approximate surface area is 123 Å². The van der Waals surface area contributed by atoms with Crippen molar-refractivity contribution < 1.29 is 4.74 Å². The van der Waals surface area contributed by atoms with Crippen LogP contribution < -0.4 is 4.74 Å². The van der Waals surface area contributed by atoms with Gasteiger partial charge in [-0.2, -0.15) is 4.90 Å². The van der Waals surface area contributed by atoms with Gasteiger partial charge >= 0.3 is 0 Å². The van der Waals surface area contributed by atoms with Gasteiger partial charge in [0, 0.05) is 10.7 Å². The van der Waals surface area contributed by atoms with Gasteiger partial charge in [0.1, 0.15) is 5.75 Å². The topological polar surface area (TPSA) is 22.1 Å². The Morgan fingerprint density at radius 2 is 2.21 bits per heavy atom. The summed E-state index contributed by atoms with van der Waals surface area (Å²) < 4.78 is 5.24. The predicted octanol–water partition coefficient (Wildman–Crippen LogP) is 4.14. The van der Waals surface area contributed by atoms with Crippen molar-refractivity contribution in [2.45, 2.75) is 25.2 Å². The van der Waals surface area contributed by atoms with E-state index in [1.165, 1.54) is 0 Å². The Morgan fingerprint density at radius 3 is 2.84 bits per heavy atom. The van der Waals surface area contributed by atoms with Gasteiger partial charge in [-0.25, -0.2) is 0 Å². The van der Waals surface area contributed by atoms with Crippen LogP contribution in [0.25, 0.3) is 10.9 Å². The van der Waals surface area contributed by atoms with Gasteiger partial charge in [0.05, 0.1) is 12.6 Å². The maximum atomic E-state index is 5.88. The zero-order valence-corrected chi connectivity index (χ0v) is 12.7. The van der Waals surface area contributed by atoms with Crippen LogP contribution in [0.2, 0.25) is 0 Å². The van der Waals surface area contributed by atoms with E-state index < -0.39 is 0 Å². The summed E-state index contributed by atoms with van der Waals surface area (Å²) in [6.07, 6.45) is 2.66. The average molecular weight is 293 g/mol. The second-order valence-electron chi connectivity index (χ2n) is 4.38. The zero-order valence-electron chi connectivity index (χ0n) is 11.2. The van der Waals surface area contributed by atoms with Crippen molar-refractivity contribution in [3.63, 3.8) is 0 Å². The minimum atomic E-state index is 0.708. The number of benzene rings is 1. The van der Waals surface area contributed by atoms with Gasteiger partial charge in [0.2, 0.25) is 0 Å². The SMILES string of the molecule is COc1ccc2nc(C)c(C/C=C(/C)Cl)c([S-])c2c1. The number of allylic oxidation sites excluding steroid dienone is 2. The fraction of sp³-hybridized carbons (Fsp3) is 0.267. The molecule has 100 valence electrons. The molecule has 1 aromatic heterocycles. The third-order valence-corrected chi connectivity index (χ3v) is 3.66. The van der Waals surface area contributed by atoms with Crippen molar-refractivity contribution in [2.75, 3.05) is 7.11 Å². The van der Waals surface area contributed by atoms with E-state index >= 15 is 0 Å². The highest BCUT2D eigenvalue weighted by molar-refractivity contribution is 7.59. The van der Waals surface area contributed by atoms with Crippen LogP contribution in [0, 0.1) is 6.92 Å². The van der Waals surface area contributed by atoms with Gasteiger partial charge in [-0.05, 0) is 49.4 Å². The number of aryl methyl sites for hydroxylation is 1. The van der Waals surface area contributed by atoms with Crippen LogP contribution in [0.15, 0.2) is 34.2 Å². The van der Waals surface area contributed by atoms with Crippen LogP contribution in [-0.2, 0) is 19.0 Å². The first-order valence-corrected chi connectivity index (χ1v) is 6.78. The lowest BCUT2D eigenvalue weighted by atomic mass is 10.1. The number of nitrogens with zero attached hydrogens (tertiary/aromatic N) is 1. The van der Waals surface area contributed by atoms with Crippen molar-refractivity contribution in [2.24, 2.45) is 0 Å². The molecular weight excluding hydrogens is 278 g/mol. The highest BCUT2D eigenvalue weighted by atomic mass is 35.5. The first-order chi connectivity index (χ1) is 9.02. The van der Waals surface area contributed by atoms with Gasteiger partial charge in [-0.15, -0.1) is 0 Å². The van der Waals surface area contributed by atoms with Gasteiger partial charge in [0.25, 0.3) is 0 Å². The molecule has 1 aromatic carbocycles. The highest BCUT2D eigenvalue weighted by Gasteiger charge is 2.05. The van der Waals surface area contributed by atoms with Crippen LogP contribution in [0.4, 0.5) is 0 Å². The lowest BCUT2D eigenvalue weighted by molar-refractivity contribution is 0.415. The fourth-order valence-electron chi connectivity index (χ4n) is 1.98. The maximum absolute atomic E-state index is 5.88. The van der Waals surface area contributed by atoms with E-state index in [0.717, 1.165) is 37.8 Å². The summed E-state index contributed by atoms with van der Waals surface area (Å²) in [5.74, 6) is 0.791. The minimum absolute atomic E-state index is 0.708. The van der Waals surface area contributed by atoms with Crippen LogP contribution in [0.5, 0.6) is 5.75 Å². The lowest BCUT2D eigenvalue weighted by Gasteiger charge is -2.19. The van der Waals surface area contributed by atoms with Crippen molar-refractivity contribution in [1.29, 1.82) is 0 Å². The summed E-state index contributed by atoms with van der Waals surface area (Å²) in [6, 6.07) is 5.76. The van der Waals surface area contributed by atoms with Crippen molar-refractivity contribution in [3.05, 3.63) is 40.6 Å². The van der Waals surface area contributed by atoms with E-state index in [0.29, 0.717) is 6.42 Å². The van der Waals surface area contributed by atoms with Crippen molar-refractivity contribution in [3.8, 4) is 5.75 Å². The number of aromatic nitrogens is 1. The molecule has 0 spiro atoms. The molecule has 0 radical (unpaired) electrons. The largest absolute Gasteiger partial charge is 0.779 e. The molecule has 4 heteroatoms. The number of rotatable bonds is 3. The summed E-state index contributed by atoms with van der Waals surface area (Å²) in [6.45, 7) is 3.84. The molecule has 2 aromatic rings. The molecule has 0 aliphatic rings. The van der Waals surface area contributed by atoms with Gasteiger partial charge in [-0.1, -0.05) is 17.7 Å². The number of ether oxygens (including phenoxy) is 1. The van der Waals surface area contributed by atoms with Crippen LogP contribution in [-0.4, -0.2) is 12.1 Å². The molecule has 0 amide bonds. The van der Waals surface area contributed by atoms with E-state index in [4.69, 9.17) is 29.0 Å². The monoisotopic (exact) mass is 292 g/mol. The zero-order chi connectivity index (χ0) is 14.0. The molecule has 0 fully saturated rings. The molecule has 0 aliphatic heterocycles. The number of pyridine rings is 1. The molecule has 0 saturated heterocycles. The Morgan fingerprint density at radius 1 is 1.47 bits per heavy atom. The van der Waals surface area contributed by atoms with Crippen molar-refractivity contribution in [1.82, 2.24) is 4.98 Å². The maximum Gasteiger partial charge on any atom is 0.119 e. The van der Waals surface area contributed by atoms with E-state index in [2.05, 4.69) is 4.98 Å². The molecule has 19 heavy (non-hydrogen) atoms. The standard InChI is InChI=1S/C15H16ClNOS/c1-9(16)4-6-12-10(2)17-14-7-5-11(18-3)8-13(14)15(12)19/h4-5,7-8H,6H2,1-3H3,(H,17,19)/p-1/b9-4-. The average Bonchev–Trinajstić information content (AvgIpc) is 2.38. The second-order valence-corrected chi connectivity index (χ2v) is 5.39. The van der Waals surface area contributed by atoms with Gasteiger partial charge in [-0.3, -0.25) is 4.98 Å². The summed E-state index contributed by atoms with van der Waals surface area (Å²) in [5, 5.41) is 1.72. The number of halogens is 1. The van der Waals surface area contributed by atoms with E-state index in [-0.39, 0.29) is 0 Å². The third kappa shape index (κ3) is 2.99. The predicted molar refractivity (Wildman–Crippen MR) is 82.0 cm³/mol. The summed E-state index contributed by atoms with van der Waals surface area (Å²) in [7, 11) is 1.65. The molecule has 0 atom stereocenters. The Hall–Kier alpha value is -1.32. The number of hydrogen-bond donors (Lipinski definition) is 0. The molecule has 0 N–H and O–H groups in total. The number of hydrogen-bond acceptors (Lipinski definition) is 3. The normalized spacial score (nSPS) is 11.9. The summed E-state index contributed by atoms with van der Waals surface area (Å²) in [4.78, 5) is 5.42. The third-order valence-electron chi connectivity index (χ3n) is 3.03. The Bertz CT molecular complexity index is 648. The second kappa shape index (κ2) is 5.76. The quantitative estimate of drug-likeness (QED) is 0.794. The van der Waals surface area contributed by atoms with E-state index in [1.807, 2.05) is 38.1 Å². The molecular formula is C15H15ClNOS-. The lowest BCUT2D eigenvalue weighted by Crippen LogP contribution is -1.98. The number of fused-ring (bicyclic) bond motifs is 1.